The third kappa shape index (κ3) is 3.69. The first kappa shape index (κ1) is 15.2. The van der Waals surface area contributed by atoms with Gasteiger partial charge in [0.05, 0.1) is 27.6 Å². The summed E-state index contributed by atoms with van der Waals surface area (Å²) < 4.78 is 2.12. The van der Waals surface area contributed by atoms with Crippen molar-refractivity contribution in [1.29, 1.82) is 0 Å². The lowest BCUT2D eigenvalue weighted by atomic mass is 10.3. The highest BCUT2D eigenvalue weighted by molar-refractivity contribution is 9.10. The van der Waals surface area contributed by atoms with E-state index in [1.54, 1.807) is 18.3 Å². The second-order valence-corrected chi connectivity index (χ2v) is 5.63. The Labute approximate surface area is 133 Å². The molecular weight excluding hydrogens is 369 g/mol. The Morgan fingerprint density at radius 1 is 1.40 bits per heavy atom. The van der Waals surface area contributed by atoms with E-state index >= 15 is 0 Å². The van der Waals surface area contributed by atoms with Crippen molar-refractivity contribution in [2.24, 2.45) is 5.73 Å². The summed E-state index contributed by atoms with van der Waals surface area (Å²) in [6.45, 7) is 0.266. The number of hydrogen-bond donors (Lipinski definition) is 2. The van der Waals surface area contributed by atoms with Gasteiger partial charge in [0.15, 0.2) is 0 Å². The Morgan fingerprint density at radius 3 is 2.60 bits per heavy atom. The van der Waals surface area contributed by atoms with Crippen LogP contribution in [0.2, 0.25) is 10.0 Å². The van der Waals surface area contributed by atoms with Crippen molar-refractivity contribution < 1.29 is 4.79 Å². The average Bonchev–Trinajstić information content (AvgIpc) is 2.81. The summed E-state index contributed by atoms with van der Waals surface area (Å²) in [5.74, 6) is -0.315. The van der Waals surface area contributed by atoms with E-state index in [0.717, 1.165) is 4.47 Å². The molecule has 0 aliphatic rings. The molecule has 1 heterocycles. The van der Waals surface area contributed by atoms with Crippen LogP contribution in [0.15, 0.2) is 22.8 Å². The lowest BCUT2D eigenvalue weighted by Gasteiger charge is -2.09. The highest BCUT2D eigenvalue weighted by Crippen LogP contribution is 2.33. The maximum absolute atomic E-state index is 11.9. The molecule has 9 heteroatoms. The van der Waals surface area contributed by atoms with Crippen LogP contribution in [0.1, 0.15) is 5.69 Å². The largest absolute Gasteiger partial charge is 0.325 e. The van der Waals surface area contributed by atoms with Gasteiger partial charge in [0.25, 0.3) is 0 Å². The first-order valence-corrected chi connectivity index (χ1v) is 7.08. The third-order valence-electron chi connectivity index (χ3n) is 2.37. The SMILES string of the molecule is NCc1cn(CC(=O)Nc2c(Cl)cc(Br)cc2Cl)nn1. The summed E-state index contributed by atoms with van der Waals surface area (Å²) in [6.07, 6.45) is 1.60. The van der Waals surface area contributed by atoms with Crippen molar-refractivity contribution in [2.45, 2.75) is 13.1 Å². The highest BCUT2D eigenvalue weighted by atomic mass is 79.9. The van der Waals surface area contributed by atoms with Crippen molar-refractivity contribution >= 4 is 50.7 Å². The molecule has 2 rings (SSSR count). The van der Waals surface area contributed by atoms with E-state index in [9.17, 15) is 4.79 Å². The van der Waals surface area contributed by atoms with Crippen LogP contribution in [-0.2, 0) is 17.9 Å². The van der Waals surface area contributed by atoms with E-state index in [1.807, 2.05) is 0 Å². The van der Waals surface area contributed by atoms with E-state index in [1.165, 1.54) is 4.68 Å². The molecule has 0 aliphatic carbocycles. The van der Waals surface area contributed by atoms with E-state index in [4.69, 9.17) is 28.9 Å². The predicted octanol–water partition coefficient (Wildman–Crippen LogP) is 2.44. The summed E-state index contributed by atoms with van der Waals surface area (Å²) in [6, 6.07) is 3.29. The summed E-state index contributed by atoms with van der Waals surface area (Å²) in [4.78, 5) is 11.9. The second kappa shape index (κ2) is 6.53. The van der Waals surface area contributed by atoms with Gasteiger partial charge in [-0.05, 0) is 12.1 Å². The molecule has 20 heavy (non-hydrogen) atoms. The lowest BCUT2D eigenvalue weighted by Crippen LogP contribution is -2.19. The third-order valence-corrected chi connectivity index (χ3v) is 3.43. The van der Waals surface area contributed by atoms with Crippen LogP contribution in [0.4, 0.5) is 5.69 Å². The molecule has 3 N–H and O–H groups in total. The fourth-order valence-corrected chi connectivity index (χ4v) is 2.80. The number of nitrogens with zero attached hydrogens (tertiary/aromatic N) is 3. The minimum atomic E-state index is -0.315. The fourth-order valence-electron chi connectivity index (χ4n) is 1.50. The zero-order valence-electron chi connectivity index (χ0n) is 10.1. The first-order valence-electron chi connectivity index (χ1n) is 5.53. The Balaban J connectivity index is 2.08. The Bertz CT molecular complexity index is 622. The molecule has 0 bridgehead atoms. The molecule has 1 amide bonds. The summed E-state index contributed by atoms with van der Waals surface area (Å²) in [5.41, 5.74) is 6.39. The second-order valence-electron chi connectivity index (χ2n) is 3.90. The number of halogens is 3. The maximum Gasteiger partial charge on any atom is 0.246 e. The Morgan fingerprint density at radius 2 is 2.05 bits per heavy atom. The number of carbonyl (C=O) groups is 1. The number of rotatable bonds is 4. The van der Waals surface area contributed by atoms with Crippen LogP contribution < -0.4 is 11.1 Å². The molecule has 0 unspecified atom stereocenters. The normalized spacial score (nSPS) is 10.6. The van der Waals surface area contributed by atoms with Gasteiger partial charge in [-0.2, -0.15) is 0 Å². The molecule has 0 radical (unpaired) electrons. The standard InChI is InChI=1S/C11H10BrCl2N5O/c12-6-1-8(13)11(9(14)2-6)16-10(20)5-19-4-7(3-15)17-18-19/h1-2,4H,3,5,15H2,(H,16,20). The van der Waals surface area contributed by atoms with E-state index in [2.05, 4.69) is 31.6 Å². The number of hydrogen-bond acceptors (Lipinski definition) is 4. The first-order chi connectivity index (χ1) is 9.49. The summed E-state index contributed by atoms with van der Waals surface area (Å²) >= 11 is 15.3. The van der Waals surface area contributed by atoms with Crippen molar-refractivity contribution in [3.05, 3.63) is 38.5 Å². The molecule has 0 saturated heterocycles. The van der Waals surface area contributed by atoms with Crippen LogP contribution in [0.5, 0.6) is 0 Å². The van der Waals surface area contributed by atoms with Crippen molar-refractivity contribution in [3.8, 4) is 0 Å². The quantitative estimate of drug-likeness (QED) is 0.855. The van der Waals surface area contributed by atoms with Gasteiger partial charge in [0.1, 0.15) is 6.54 Å². The molecule has 106 valence electrons. The molecule has 1 aromatic heterocycles. The van der Waals surface area contributed by atoms with Gasteiger partial charge in [0.2, 0.25) is 5.91 Å². The summed E-state index contributed by atoms with van der Waals surface area (Å²) in [7, 11) is 0. The molecule has 1 aromatic carbocycles. The van der Waals surface area contributed by atoms with Crippen molar-refractivity contribution in [2.75, 3.05) is 5.32 Å². The van der Waals surface area contributed by atoms with Crippen molar-refractivity contribution in [3.63, 3.8) is 0 Å². The van der Waals surface area contributed by atoms with E-state index < -0.39 is 0 Å². The predicted molar refractivity (Wildman–Crippen MR) is 80.7 cm³/mol. The fraction of sp³-hybridized carbons (Fsp3) is 0.182. The van der Waals surface area contributed by atoms with Crippen LogP contribution >= 0.6 is 39.1 Å². The van der Waals surface area contributed by atoms with Gasteiger partial charge in [-0.15, -0.1) is 5.10 Å². The van der Waals surface area contributed by atoms with Crippen LogP contribution in [-0.4, -0.2) is 20.9 Å². The number of benzene rings is 1. The zero-order chi connectivity index (χ0) is 14.7. The number of anilines is 1. The minimum absolute atomic E-state index is 0.00424. The number of amides is 1. The van der Waals surface area contributed by atoms with Gasteiger partial charge in [0, 0.05) is 11.0 Å². The molecule has 2 aromatic rings. The zero-order valence-corrected chi connectivity index (χ0v) is 13.2. The van der Waals surface area contributed by atoms with Gasteiger partial charge in [-0.3, -0.25) is 4.79 Å². The van der Waals surface area contributed by atoms with Gasteiger partial charge in [-0.1, -0.05) is 44.3 Å². The van der Waals surface area contributed by atoms with Crippen LogP contribution in [0, 0.1) is 0 Å². The van der Waals surface area contributed by atoms with Gasteiger partial charge in [-0.25, -0.2) is 4.68 Å². The maximum atomic E-state index is 11.9. The molecule has 6 nitrogen and oxygen atoms in total. The van der Waals surface area contributed by atoms with Crippen molar-refractivity contribution in [1.82, 2.24) is 15.0 Å². The van der Waals surface area contributed by atoms with Gasteiger partial charge < -0.3 is 11.1 Å². The molecule has 0 saturated carbocycles. The highest BCUT2D eigenvalue weighted by Gasteiger charge is 2.12. The Hall–Kier alpha value is -1.15. The van der Waals surface area contributed by atoms with Crippen LogP contribution in [0.25, 0.3) is 0 Å². The summed E-state index contributed by atoms with van der Waals surface area (Å²) in [5, 5.41) is 10.9. The van der Waals surface area contributed by atoms with E-state index in [0.29, 0.717) is 21.4 Å². The molecular formula is C11H10BrCl2N5O. The molecule has 0 spiro atoms. The minimum Gasteiger partial charge on any atom is -0.325 e. The number of nitrogens with two attached hydrogens (primary N) is 1. The average molecular weight is 379 g/mol. The van der Waals surface area contributed by atoms with Crippen LogP contribution in [0.3, 0.4) is 0 Å². The molecule has 0 fully saturated rings. The smallest absolute Gasteiger partial charge is 0.246 e. The topological polar surface area (TPSA) is 85.8 Å². The number of aromatic nitrogens is 3. The monoisotopic (exact) mass is 377 g/mol. The number of nitrogens with one attached hydrogen (secondary N) is 1. The lowest BCUT2D eigenvalue weighted by molar-refractivity contribution is -0.116. The van der Waals surface area contributed by atoms with Gasteiger partial charge >= 0.3 is 0 Å². The molecule has 0 aliphatic heterocycles. The number of carbonyl (C=O) groups excluding carboxylic acids is 1. The Kier molecular flexibility index (Phi) is 4.98. The molecule has 0 atom stereocenters. The van der Waals surface area contributed by atoms with E-state index in [-0.39, 0.29) is 19.0 Å².